The van der Waals surface area contributed by atoms with E-state index in [9.17, 15) is 5.26 Å². The molecule has 1 saturated heterocycles. The van der Waals surface area contributed by atoms with Crippen molar-refractivity contribution in [2.24, 2.45) is 0 Å². The van der Waals surface area contributed by atoms with E-state index in [1.54, 1.807) is 0 Å². The SMILES string of the molecule is N#Cc1c(-c2ccc(NCCCc3ccccc3)cc2)n(C2CCC2)c2cc(OC3CCOCC3)ccc12. The molecule has 0 unspecified atom stereocenters. The number of aryl methyl sites for hydroxylation is 1. The zero-order valence-corrected chi connectivity index (χ0v) is 21.9. The molecule has 0 radical (unpaired) electrons. The van der Waals surface area contributed by atoms with E-state index in [0.29, 0.717) is 6.04 Å². The predicted molar refractivity (Wildman–Crippen MR) is 153 cm³/mol. The highest BCUT2D eigenvalue weighted by Crippen LogP contribution is 2.43. The van der Waals surface area contributed by atoms with Gasteiger partial charge >= 0.3 is 0 Å². The molecule has 0 bridgehead atoms. The van der Waals surface area contributed by atoms with Crippen LogP contribution in [0.2, 0.25) is 0 Å². The Bertz CT molecular complexity index is 1410. The van der Waals surface area contributed by atoms with Crippen LogP contribution in [0.3, 0.4) is 0 Å². The van der Waals surface area contributed by atoms with Crippen LogP contribution in [0.25, 0.3) is 22.2 Å². The quantitative estimate of drug-likeness (QED) is 0.239. The lowest BCUT2D eigenvalue weighted by molar-refractivity contribution is 0.0256. The van der Waals surface area contributed by atoms with E-state index in [1.807, 2.05) is 6.07 Å². The molecule has 1 aromatic heterocycles. The Labute approximate surface area is 225 Å². The zero-order chi connectivity index (χ0) is 25.7. The minimum absolute atomic E-state index is 0.191. The molecule has 1 saturated carbocycles. The molecule has 2 aliphatic rings. The number of anilines is 1. The Hall–Kier alpha value is -3.75. The van der Waals surface area contributed by atoms with Gasteiger partial charge in [-0.2, -0.15) is 5.26 Å². The van der Waals surface area contributed by atoms with Gasteiger partial charge in [0.25, 0.3) is 0 Å². The summed E-state index contributed by atoms with van der Waals surface area (Å²) in [6.45, 7) is 2.44. The summed E-state index contributed by atoms with van der Waals surface area (Å²) in [7, 11) is 0. The van der Waals surface area contributed by atoms with Gasteiger partial charge in [-0.15, -0.1) is 0 Å². The molecule has 0 amide bonds. The van der Waals surface area contributed by atoms with Gasteiger partial charge in [0, 0.05) is 42.6 Å². The Kier molecular flexibility index (Phi) is 7.33. The van der Waals surface area contributed by atoms with Crippen LogP contribution in [-0.4, -0.2) is 30.4 Å². The van der Waals surface area contributed by atoms with Crippen molar-refractivity contribution in [2.45, 2.75) is 57.1 Å². The Morgan fingerprint density at radius 2 is 1.74 bits per heavy atom. The molecule has 5 heteroatoms. The molecule has 0 spiro atoms. The van der Waals surface area contributed by atoms with Crippen LogP contribution in [0.15, 0.2) is 72.8 Å². The minimum Gasteiger partial charge on any atom is -0.490 e. The number of rotatable bonds is 9. The number of nitrogens with zero attached hydrogens (tertiary/aromatic N) is 2. The van der Waals surface area contributed by atoms with E-state index in [4.69, 9.17) is 9.47 Å². The van der Waals surface area contributed by atoms with Gasteiger partial charge in [-0.1, -0.05) is 42.5 Å². The summed E-state index contributed by atoms with van der Waals surface area (Å²) in [4.78, 5) is 0. The van der Waals surface area contributed by atoms with E-state index >= 15 is 0 Å². The molecule has 3 aromatic carbocycles. The van der Waals surface area contributed by atoms with E-state index < -0.39 is 0 Å². The molecule has 2 heterocycles. The molecule has 1 aliphatic heterocycles. The lowest BCUT2D eigenvalue weighted by Crippen LogP contribution is -2.25. The summed E-state index contributed by atoms with van der Waals surface area (Å²) in [6, 6.07) is 28.4. The molecule has 5 nitrogen and oxygen atoms in total. The number of nitriles is 1. The number of hydrogen-bond donors (Lipinski definition) is 1. The first-order chi connectivity index (χ1) is 18.8. The Balaban J connectivity index is 1.25. The van der Waals surface area contributed by atoms with Gasteiger partial charge in [-0.05, 0) is 67.5 Å². The van der Waals surface area contributed by atoms with Crippen molar-refractivity contribution < 1.29 is 9.47 Å². The first-order valence-electron chi connectivity index (χ1n) is 14.0. The monoisotopic (exact) mass is 505 g/mol. The van der Waals surface area contributed by atoms with E-state index in [2.05, 4.69) is 82.7 Å². The van der Waals surface area contributed by atoms with Gasteiger partial charge < -0.3 is 19.4 Å². The molecule has 6 rings (SSSR count). The molecule has 194 valence electrons. The van der Waals surface area contributed by atoms with Gasteiger partial charge in [0.2, 0.25) is 0 Å². The maximum atomic E-state index is 10.3. The normalized spacial score (nSPS) is 16.2. The smallest absolute Gasteiger partial charge is 0.121 e. The molecule has 38 heavy (non-hydrogen) atoms. The van der Waals surface area contributed by atoms with Crippen LogP contribution in [0.1, 0.15) is 55.7 Å². The van der Waals surface area contributed by atoms with E-state index in [0.717, 1.165) is 97.4 Å². The number of benzene rings is 3. The standard InChI is InChI=1S/C33H35N3O2/c34-23-31-30-16-15-29(38-28-17-20-37-21-18-28)22-32(30)36(27-9-4-10-27)33(31)25-11-13-26(14-12-25)35-19-5-8-24-6-2-1-3-7-24/h1-3,6-7,11-16,22,27-28,35H,4-5,8-10,17-21H2. The van der Waals surface area contributed by atoms with Crippen molar-refractivity contribution in [1.29, 1.82) is 5.26 Å². The van der Waals surface area contributed by atoms with Gasteiger partial charge in [0.1, 0.15) is 17.9 Å². The third-order valence-corrected chi connectivity index (χ3v) is 7.97. The summed E-state index contributed by atoms with van der Waals surface area (Å²) in [5.74, 6) is 0.883. The summed E-state index contributed by atoms with van der Waals surface area (Å²) in [6.07, 6.45) is 7.71. The molecule has 2 fully saturated rings. The fourth-order valence-electron chi connectivity index (χ4n) is 5.69. The molecular weight excluding hydrogens is 470 g/mol. The number of nitrogens with one attached hydrogen (secondary N) is 1. The predicted octanol–water partition coefficient (Wildman–Crippen LogP) is 7.51. The highest BCUT2D eigenvalue weighted by atomic mass is 16.5. The number of ether oxygens (including phenoxy) is 2. The van der Waals surface area contributed by atoms with Crippen molar-refractivity contribution in [1.82, 2.24) is 4.57 Å². The van der Waals surface area contributed by atoms with Crippen molar-refractivity contribution in [2.75, 3.05) is 25.1 Å². The largest absolute Gasteiger partial charge is 0.490 e. The van der Waals surface area contributed by atoms with Gasteiger partial charge in [0.05, 0.1) is 30.0 Å². The molecular formula is C33H35N3O2. The molecule has 4 aromatic rings. The Morgan fingerprint density at radius 1 is 0.947 bits per heavy atom. The second kappa shape index (κ2) is 11.3. The van der Waals surface area contributed by atoms with Crippen LogP contribution in [0.4, 0.5) is 5.69 Å². The molecule has 1 N–H and O–H groups in total. The minimum atomic E-state index is 0.191. The fourth-order valence-corrected chi connectivity index (χ4v) is 5.69. The molecule has 1 aliphatic carbocycles. The van der Waals surface area contributed by atoms with Gasteiger partial charge in [-0.25, -0.2) is 0 Å². The maximum absolute atomic E-state index is 10.3. The van der Waals surface area contributed by atoms with Crippen molar-refractivity contribution in [3.8, 4) is 23.1 Å². The number of fused-ring (bicyclic) bond motifs is 1. The Morgan fingerprint density at radius 3 is 2.45 bits per heavy atom. The van der Waals surface area contributed by atoms with Crippen LogP contribution < -0.4 is 10.1 Å². The number of aromatic nitrogens is 1. The second-order valence-corrected chi connectivity index (χ2v) is 10.5. The topological polar surface area (TPSA) is 59.2 Å². The van der Waals surface area contributed by atoms with Gasteiger partial charge in [0.15, 0.2) is 0 Å². The first-order valence-corrected chi connectivity index (χ1v) is 14.0. The van der Waals surface area contributed by atoms with Crippen LogP contribution in [-0.2, 0) is 11.2 Å². The first kappa shape index (κ1) is 24.6. The lowest BCUT2D eigenvalue weighted by atomic mass is 9.92. The molecule has 0 atom stereocenters. The van der Waals surface area contributed by atoms with Crippen LogP contribution >= 0.6 is 0 Å². The fraction of sp³-hybridized carbons (Fsp3) is 0.364. The highest BCUT2D eigenvalue weighted by molar-refractivity contribution is 5.95. The van der Waals surface area contributed by atoms with Crippen molar-refractivity contribution in [3.05, 3.63) is 83.9 Å². The third-order valence-electron chi connectivity index (χ3n) is 7.97. The zero-order valence-electron chi connectivity index (χ0n) is 21.9. The van der Waals surface area contributed by atoms with Crippen molar-refractivity contribution >= 4 is 16.6 Å². The second-order valence-electron chi connectivity index (χ2n) is 10.5. The van der Waals surface area contributed by atoms with E-state index in [1.165, 1.54) is 12.0 Å². The third kappa shape index (κ3) is 5.14. The summed E-state index contributed by atoms with van der Waals surface area (Å²) < 4.78 is 14.3. The maximum Gasteiger partial charge on any atom is 0.121 e. The number of hydrogen-bond acceptors (Lipinski definition) is 4. The highest BCUT2D eigenvalue weighted by Gasteiger charge is 2.28. The average Bonchev–Trinajstić information content (AvgIpc) is 3.25. The summed E-state index contributed by atoms with van der Waals surface area (Å²) >= 11 is 0. The lowest BCUT2D eigenvalue weighted by Gasteiger charge is -2.30. The van der Waals surface area contributed by atoms with Gasteiger partial charge in [-0.3, -0.25) is 0 Å². The average molecular weight is 506 g/mol. The van der Waals surface area contributed by atoms with E-state index in [-0.39, 0.29) is 6.10 Å². The van der Waals surface area contributed by atoms with Crippen LogP contribution in [0, 0.1) is 11.3 Å². The van der Waals surface area contributed by atoms with Crippen LogP contribution in [0.5, 0.6) is 5.75 Å². The summed E-state index contributed by atoms with van der Waals surface area (Å²) in [5, 5.41) is 14.8. The van der Waals surface area contributed by atoms with Crippen molar-refractivity contribution in [3.63, 3.8) is 0 Å². The summed E-state index contributed by atoms with van der Waals surface area (Å²) in [5.41, 5.74) is 6.47.